The number of aryl methyl sites for hydroxylation is 1. The first-order valence-electron chi connectivity index (χ1n) is 5.74. The molecule has 0 saturated heterocycles. The summed E-state index contributed by atoms with van der Waals surface area (Å²) in [7, 11) is 0. The van der Waals surface area contributed by atoms with Crippen LogP contribution in [0.25, 0.3) is 11.2 Å². The van der Waals surface area contributed by atoms with E-state index in [0.717, 1.165) is 24.1 Å². The predicted molar refractivity (Wildman–Crippen MR) is 63.9 cm³/mol. The lowest BCUT2D eigenvalue weighted by Gasteiger charge is -2.02. The molecule has 0 spiro atoms. The molecule has 0 aromatic carbocycles. The lowest BCUT2D eigenvalue weighted by molar-refractivity contribution is 0.589. The maximum absolute atomic E-state index is 5.56. The fourth-order valence-electron chi connectivity index (χ4n) is 1.74. The maximum Gasteiger partial charge on any atom is 0.222 e. The number of nitrogen functional groups attached to an aromatic ring is 1. The molecule has 0 amide bonds. The van der Waals surface area contributed by atoms with Gasteiger partial charge in [-0.05, 0) is 6.42 Å². The third-order valence-electron chi connectivity index (χ3n) is 2.63. The van der Waals surface area contributed by atoms with E-state index in [1.807, 2.05) is 10.9 Å². The van der Waals surface area contributed by atoms with Crippen molar-refractivity contribution in [3.05, 3.63) is 12.5 Å². The van der Waals surface area contributed by atoms with E-state index in [2.05, 4.69) is 21.9 Å². The number of unbranched alkanes of at least 4 members (excludes halogenated alkanes) is 3. The Morgan fingerprint density at radius 1 is 1.25 bits per heavy atom. The fraction of sp³-hybridized carbons (Fsp3) is 0.545. The standard InChI is InChI=1S/C11H17N5/c1-2-3-4-5-6-16-8-14-9-7-13-11(12)15-10(9)16/h7-8H,2-6H2,1H3,(H2,12,13,15). The number of rotatable bonds is 5. The molecule has 2 aromatic heterocycles. The lowest BCUT2D eigenvalue weighted by atomic mass is 10.2. The SMILES string of the molecule is CCCCCCn1cnc2cnc(N)nc21. The van der Waals surface area contributed by atoms with Crippen molar-refractivity contribution in [2.75, 3.05) is 5.73 Å². The maximum atomic E-state index is 5.56. The Balaban J connectivity index is 2.09. The third kappa shape index (κ3) is 2.29. The van der Waals surface area contributed by atoms with Crippen LogP contribution in [0.4, 0.5) is 5.95 Å². The van der Waals surface area contributed by atoms with Crippen molar-refractivity contribution in [2.24, 2.45) is 0 Å². The van der Waals surface area contributed by atoms with Crippen LogP contribution < -0.4 is 5.73 Å². The Bertz CT molecular complexity index is 462. The summed E-state index contributed by atoms with van der Waals surface area (Å²) in [5, 5.41) is 0. The summed E-state index contributed by atoms with van der Waals surface area (Å²) in [5.41, 5.74) is 7.21. The van der Waals surface area contributed by atoms with E-state index < -0.39 is 0 Å². The zero-order valence-electron chi connectivity index (χ0n) is 9.56. The monoisotopic (exact) mass is 219 g/mol. The smallest absolute Gasteiger partial charge is 0.222 e. The van der Waals surface area contributed by atoms with Gasteiger partial charge in [0.2, 0.25) is 5.95 Å². The average Bonchev–Trinajstić information content (AvgIpc) is 2.67. The van der Waals surface area contributed by atoms with Crippen molar-refractivity contribution in [1.82, 2.24) is 19.5 Å². The number of aromatic nitrogens is 4. The van der Waals surface area contributed by atoms with Gasteiger partial charge in [0, 0.05) is 6.54 Å². The van der Waals surface area contributed by atoms with Crippen LogP contribution in [-0.2, 0) is 6.54 Å². The highest BCUT2D eigenvalue weighted by molar-refractivity contribution is 5.70. The van der Waals surface area contributed by atoms with Gasteiger partial charge in [0.05, 0.1) is 12.5 Å². The van der Waals surface area contributed by atoms with E-state index in [1.54, 1.807) is 6.20 Å². The highest BCUT2D eigenvalue weighted by atomic mass is 15.1. The molecule has 5 nitrogen and oxygen atoms in total. The topological polar surface area (TPSA) is 69.6 Å². The molecule has 0 bridgehead atoms. The van der Waals surface area contributed by atoms with Crippen LogP contribution in [0.1, 0.15) is 32.6 Å². The second kappa shape index (κ2) is 4.92. The molecule has 16 heavy (non-hydrogen) atoms. The van der Waals surface area contributed by atoms with E-state index in [9.17, 15) is 0 Å². The molecular formula is C11H17N5. The number of anilines is 1. The zero-order chi connectivity index (χ0) is 11.4. The van der Waals surface area contributed by atoms with Crippen LogP contribution in [0.2, 0.25) is 0 Å². The second-order valence-corrected chi connectivity index (χ2v) is 3.94. The van der Waals surface area contributed by atoms with Crippen molar-refractivity contribution in [1.29, 1.82) is 0 Å². The summed E-state index contributed by atoms with van der Waals surface area (Å²) in [6.45, 7) is 3.16. The minimum absolute atomic E-state index is 0.308. The van der Waals surface area contributed by atoms with Gasteiger partial charge in [-0.3, -0.25) is 0 Å². The molecule has 0 aliphatic carbocycles. The van der Waals surface area contributed by atoms with Gasteiger partial charge in [0.15, 0.2) is 5.65 Å². The van der Waals surface area contributed by atoms with E-state index in [-0.39, 0.29) is 0 Å². The fourth-order valence-corrected chi connectivity index (χ4v) is 1.74. The van der Waals surface area contributed by atoms with Gasteiger partial charge in [-0.1, -0.05) is 26.2 Å². The van der Waals surface area contributed by atoms with E-state index in [0.29, 0.717) is 5.95 Å². The van der Waals surface area contributed by atoms with Crippen LogP contribution in [0.3, 0.4) is 0 Å². The Morgan fingerprint density at radius 3 is 2.94 bits per heavy atom. The molecule has 0 saturated carbocycles. The Labute approximate surface area is 94.7 Å². The van der Waals surface area contributed by atoms with E-state index >= 15 is 0 Å². The molecule has 0 atom stereocenters. The van der Waals surface area contributed by atoms with Crippen molar-refractivity contribution in [3.8, 4) is 0 Å². The minimum Gasteiger partial charge on any atom is -0.368 e. The molecule has 2 N–H and O–H groups in total. The molecule has 0 radical (unpaired) electrons. The number of nitrogens with zero attached hydrogens (tertiary/aromatic N) is 4. The Kier molecular flexibility index (Phi) is 3.34. The summed E-state index contributed by atoms with van der Waals surface area (Å²) < 4.78 is 2.04. The van der Waals surface area contributed by atoms with Crippen LogP contribution >= 0.6 is 0 Å². The van der Waals surface area contributed by atoms with Crippen LogP contribution in [-0.4, -0.2) is 19.5 Å². The average molecular weight is 219 g/mol. The number of hydrogen-bond acceptors (Lipinski definition) is 4. The first-order chi connectivity index (χ1) is 7.81. The molecular weight excluding hydrogens is 202 g/mol. The van der Waals surface area contributed by atoms with Crippen LogP contribution in [0, 0.1) is 0 Å². The Hall–Kier alpha value is -1.65. The molecule has 0 aliphatic heterocycles. The quantitative estimate of drug-likeness (QED) is 0.781. The van der Waals surface area contributed by atoms with Gasteiger partial charge in [0.1, 0.15) is 5.52 Å². The lowest BCUT2D eigenvalue weighted by Crippen LogP contribution is -2.00. The van der Waals surface area contributed by atoms with Crippen molar-refractivity contribution in [3.63, 3.8) is 0 Å². The molecule has 86 valence electrons. The molecule has 0 aliphatic rings. The molecule has 5 heteroatoms. The minimum atomic E-state index is 0.308. The molecule has 2 heterocycles. The summed E-state index contributed by atoms with van der Waals surface area (Å²) in [6, 6.07) is 0. The van der Waals surface area contributed by atoms with Gasteiger partial charge in [-0.2, -0.15) is 4.98 Å². The molecule has 2 rings (SSSR count). The first kappa shape index (κ1) is 10.9. The highest BCUT2D eigenvalue weighted by Gasteiger charge is 2.04. The van der Waals surface area contributed by atoms with Crippen molar-refractivity contribution >= 4 is 17.1 Å². The molecule has 0 unspecified atom stereocenters. The first-order valence-corrected chi connectivity index (χ1v) is 5.74. The van der Waals surface area contributed by atoms with Crippen molar-refractivity contribution < 1.29 is 0 Å². The predicted octanol–water partition coefficient (Wildman–Crippen LogP) is 1.99. The summed E-state index contributed by atoms with van der Waals surface area (Å²) in [5.74, 6) is 0.308. The number of hydrogen-bond donors (Lipinski definition) is 1. The third-order valence-corrected chi connectivity index (χ3v) is 2.63. The van der Waals surface area contributed by atoms with Crippen LogP contribution in [0.15, 0.2) is 12.5 Å². The van der Waals surface area contributed by atoms with Gasteiger partial charge in [-0.15, -0.1) is 0 Å². The molecule has 0 fully saturated rings. The largest absolute Gasteiger partial charge is 0.368 e. The van der Waals surface area contributed by atoms with E-state index in [1.165, 1.54) is 19.3 Å². The van der Waals surface area contributed by atoms with E-state index in [4.69, 9.17) is 5.73 Å². The summed E-state index contributed by atoms with van der Waals surface area (Å²) in [4.78, 5) is 12.4. The molecule has 2 aromatic rings. The summed E-state index contributed by atoms with van der Waals surface area (Å²) in [6.07, 6.45) is 8.41. The number of nitrogens with two attached hydrogens (primary N) is 1. The van der Waals surface area contributed by atoms with Crippen molar-refractivity contribution in [2.45, 2.75) is 39.2 Å². The zero-order valence-corrected chi connectivity index (χ0v) is 9.56. The number of fused-ring (bicyclic) bond motifs is 1. The Morgan fingerprint density at radius 2 is 2.12 bits per heavy atom. The normalized spacial score (nSPS) is 11.1. The number of imidazole rings is 1. The van der Waals surface area contributed by atoms with Gasteiger partial charge < -0.3 is 10.3 Å². The van der Waals surface area contributed by atoms with Gasteiger partial charge in [-0.25, -0.2) is 9.97 Å². The summed E-state index contributed by atoms with van der Waals surface area (Å²) >= 11 is 0. The van der Waals surface area contributed by atoms with Crippen LogP contribution in [0.5, 0.6) is 0 Å². The van der Waals surface area contributed by atoms with Gasteiger partial charge in [0.25, 0.3) is 0 Å². The van der Waals surface area contributed by atoms with Gasteiger partial charge >= 0.3 is 0 Å². The highest BCUT2D eigenvalue weighted by Crippen LogP contribution is 2.11. The second-order valence-electron chi connectivity index (χ2n) is 3.94.